The maximum absolute atomic E-state index is 6.06. The predicted molar refractivity (Wildman–Crippen MR) is 70.2 cm³/mol. The number of hydrogen-bond acceptors (Lipinski definition) is 2. The number of benzene rings is 1. The van der Waals surface area contributed by atoms with Crippen molar-refractivity contribution in [1.82, 2.24) is 9.55 Å². The van der Waals surface area contributed by atoms with Gasteiger partial charge in [-0.2, -0.15) is 0 Å². The molecule has 1 heterocycles. The molecular formula is C12H14BrN3. The van der Waals surface area contributed by atoms with Gasteiger partial charge in [0.05, 0.1) is 6.33 Å². The topological polar surface area (TPSA) is 43.8 Å². The Labute approximate surface area is 103 Å². The van der Waals surface area contributed by atoms with Crippen molar-refractivity contribution in [1.29, 1.82) is 0 Å². The summed E-state index contributed by atoms with van der Waals surface area (Å²) in [6, 6.07) is 8.32. The summed E-state index contributed by atoms with van der Waals surface area (Å²) >= 11 is 3.41. The molecule has 4 heteroatoms. The molecule has 0 saturated heterocycles. The molecular weight excluding hydrogens is 266 g/mol. The monoisotopic (exact) mass is 279 g/mol. The molecule has 16 heavy (non-hydrogen) atoms. The highest BCUT2D eigenvalue weighted by Gasteiger charge is 2.11. The first-order chi connectivity index (χ1) is 7.59. The molecule has 0 unspecified atom stereocenters. The van der Waals surface area contributed by atoms with Gasteiger partial charge in [-0.15, -0.1) is 0 Å². The fourth-order valence-corrected chi connectivity index (χ4v) is 1.88. The van der Waals surface area contributed by atoms with Crippen LogP contribution in [0.4, 0.5) is 5.82 Å². The Morgan fingerprint density at radius 2 is 1.88 bits per heavy atom. The lowest BCUT2D eigenvalue weighted by Gasteiger charge is -2.09. The number of anilines is 1. The Morgan fingerprint density at radius 3 is 2.38 bits per heavy atom. The minimum Gasteiger partial charge on any atom is -0.383 e. The second kappa shape index (κ2) is 4.29. The molecule has 2 N–H and O–H groups in total. The zero-order valence-electron chi connectivity index (χ0n) is 9.31. The number of hydrogen-bond donors (Lipinski definition) is 1. The second-order valence-electron chi connectivity index (χ2n) is 3.99. The maximum Gasteiger partial charge on any atom is 0.131 e. The molecule has 0 radical (unpaired) electrons. The highest BCUT2D eigenvalue weighted by Crippen LogP contribution is 2.27. The summed E-state index contributed by atoms with van der Waals surface area (Å²) in [5.41, 5.74) is 7.95. The van der Waals surface area contributed by atoms with Gasteiger partial charge in [-0.1, -0.05) is 28.1 Å². The molecule has 2 aromatic rings. The first-order valence-electron chi connectivity index (χ1n) is 5.18. The van der Waals surface area contributed by atoms with Gasteiger partial charge in [0, 0.05) is 16.1 Å². The quantitative estimate of drug-likeness (QED) is 0.915. The van der Waals surface area contributed by atoms with E-state index in [1.54, 1.807) is 6.33 Å². The fourth-order valence-electron chi connectivity index (χ4n) is 1.61. The number of aromatic nitrogens is 2. The molecule has 0 saturated carbocycles. The summed E-state index contributed by atoms with van der Waals surface area (Å²) in [6.45, 7) is 4.17. The summed E-state index contributed by atoms with van der Waals surface area (Å²) in [5, 5.41) is 0. The Kier molecular flexibility index (Phi) is 3.01. The van der Waals surface area contributed by atoms with Crippen LogP contribution in [0.1, 0.15) is 19.9 Å². The van der Waals surface area contributed by atoms with E-state index < -0.39 is 0 Å². The van der Waals surface area contributed by atoms with E-state index >= 15 is 0 Å². The van der Waals surface area contributed by atoms with Crippen LogP contribution in [0.25, 0.3) is 11.3 Å². The van der Waals surface area contributed by atoms with Crippen LogP contribution in [0.15, 0.2) is 35.1 Å². The summed E-state index contributed by atoms with van der Waals surface area (Å²) in [4.78, 5) is 4.36. The minimum absolute atomic E-state index is 0.330. The van der Waals surface area contributed by atoms with E-state index in [0.717, 1.165) is 21.5 Å². The summed E-state index contributed by atoms with van der Waals surface area (Å²) in [5.74, 6) is 0.720. The largest absolute Gasteiger partial charge is 0.383 e. The number of nitrogen functional groups attached to an aromatic ring is 1. The lowest BCUT2D eigenvalue weighted by Crippen LogP contribution is -2.04. The Hall–Kier alpha value is -1.29. The number of halogens is 1. The zero-order chi connectivity index (χ0) is 11.7. The van der Waals surface area contributed by atoms with Gasteiger partial charge in [-0.3, -0.25) is 0 Å². The molecule has 0 bridgehead atoms. The zero-order valence-corrected chi connectivity index (χ0v) is 10.9. The van der Waals surface area contributed by atoms with Crippen molar-refractivity contribution in [3.8, 4) is 11.3 Å². The van der Waals surface area contributed by atoms with Gasteiger partial charge in [0.15, 0.2) is 0 Å². The maximum atomic E-state index is 6.06. The Bertz CT molecular complexity index is 485. The second-order valence-corrected chi connectivity index (χ2v) is 4.90. The fraction of sp³-hybridized carbons (Fsp3) is 0.250. The number of nitrogens with zero attached hydrogens (tertiary/aromatic N) is 2. The lowest BCUT2D eigenvalue weighted by atomic mass is 10.1. The number of rotatable bonds is 2. The van der Waals surface area contributed by atoms with Crippen molar-refractivity contribution in [2.75, 3.05) is 5.73 Å². The molecule has 3 nitrogen and oxygen atoms in total. The van der Waals surface area contributed by atoms with Crippen LogP contribution in [-0.4, -0.2) is 9.55 Å². The molecule has 2 rings (SSSR count). The number of imidazole rings is 1. The first-order valence-corrected chi connectivity index (χ1v) is 5.97. The van der Waals surface area contributed by atoms with Crippen molar-refractivity contribution in [3.63, 3.8) is 0 Å². The SMILES string of the molecule is CC(C)n1cnc(-c2ccc(Br)cc2)c1N. The lowest BCUT2D eigenvalue weighted by molar-refractivity contribution is 0.607. The third-order valence-corrected chi connectivity index (χ3v) is 3.03. The summed E-state index contributed by atoms with van der Waals surface area (Å²) < 4.78 is 3.02. The van der Waals surface area contributed by atoms with Gasteiger partial charge in [-0.05, 0) is 26.0 Å². The standard InChI is InChI=1S/C12H14BrN3/c1-8(2)16-7-15-11(12(16)14)9-3-5-10(13)6-4-9/h3-8H,14H2,1-2H3. The smallest absolute Gasteiger partial charge is 0.131 e. The molecule has 0 atom stereocenters. The summed E-state index contributed by atoms with van der Waals surface area (Å²) in [6.07, 6.45) is 1.79. The van der Waals surface area contributed by atoms with E-state index in [2.05, 4.69) is 34.8 Å². The van der Waals surface area contributed by atoms with E-state index in [4.69, 9.17) is 5.73 Å². The molecule has 0 aliphatic carbocycles. The highest BCUT2D eigenvalue weighted by molar-refractivity contribution is 9.10. The van der Waals surface area contributed by atoms with Gasteiger partial charge in [0.2, 0.25) is 0 Å². The van der Waals surface area contributed by atoms with Crippen LogP contribution in [0.2, 0.25) is 0 Å². The van der Waals surface area contributed by atoms with Crippen LogP contribution in [0.3, 0.4) is 0 Å². The van der Waals surface area contributed by atoms with Crippen molar-refractivity contribution >= 4 is 21.7 Å². The van der Waals surface area contributed by atoms with Crippen molar-refractivity contribution in [3.05, 3.63) is 35.1 Å². The van der Waals surface area contributed by atoms with E-state index in [1.807, 2.05) is 28.8 Å². The molecule has 0 amide bonds. The molecule has 1 aromatic heterocycles. The third-order valence-electron chi connectivity index (χ3n) is 2.51. The molecule has 84 valence electrons. The van der Waals surface area contributed by atoms with E-state index in [0.29, 0.717) is 6.04 Å². The molecule has 0 aliphatic heterocycles. The van der Waals surface area contributed by atoms with Crippen molar-refractivity contribution in [2.24, 2.45) is 0 Å². The molecule has 0 spiro atoms. The Morgan fingerprint density at radius 1 is 1.25 bits per heavy atom. The van der Waals surface area contributed by atoms with Crippen LogP contribution in [0.5, 0.6) is 0 Å². The molecule has 0 fully saturated rings. The van der Waals surface area contributed by atoms with Crippen LogP contribution in [0, 0.1) is 0 Å². The average Bonchev–Trinajstić information content (AvgIpc) is 2.61. The van der Waals surface area contributed by atoms with Crippen molar-refractivity contribution < 1.29 is 0 Å². The minimum atomic E-state index is 0.330. The van der Waals surface area contributed by atoms with Gasteiger partial charge >= 0.3 is 0 Å². The van der Waals surface area contributed by atoms with Crippen LogP contribution < -0.4 is 5.73 Å². The summed E-state index contributed by atoms with van der Waals surface area (Å²) in [7, 11) is 0. The normalized spacial score (nSPS) is 11.0. The van der Waals surface area contributed by atoms with E-state index in [-0.39, 0.29) is 0 Å². The number of nitrogens with two attached hydrogens (primary N) is 1. The predicted octanol–water partition coefficient (Wildman–Crippen LogP) is 3.48. The highest BCUT2D eigenvalue weighted by atomic mass is 79.9. The van der Waals surface area contributed by atoms with E-state index in [9.17, 15) is 0 Å². The molecule has 0 aliphatic rings. The van der Waals surface area contributed by atoms with Crippen LogP contribution in [-0.2, 0) is 0 Å². The van der Waals surface area contributed by atoms with Crippen molar-refractivity contribution in [2.45, 2.75) is 19.9 Å². The first kappa shape index (κ1) is 11.2. The average molecular weight is 280 g/mol. The van der Waals surface area contributed by atoms with Gasteiger partial charge in [0.25, 0.3) is 0 Å². The van der Waals surface area contributed by atoms with Gasteiger partial charge in [0.1, 0.15) is 11.5 Å². The van der Waals surface area contributed by atoms with Gasteiger partial charge in [-0.25, -0.2) is 4.98 Å². The third kappa shape index (κ3) is 1.97. The molecule has 1 aromatic carbocycles. The van der Waals surface area contributed by atoms with Gasteiger partial charge < -0.3 is 10.3 Å². The van der Waals surface area contributed by atoms with Crippen LogP contribution >= 0.6 is 15.9 Å². The Balaban J connectivity index is 2.45. The van der Waals surface area contributed by atoms with E-state index in [1.165, 1.54) is 0 Å².